The van der Waals surface area contributed by atoms with Crippen LogP contribution < -0.4 is 10.6 Å². The fourth-order valence-corrected chi connectivity index (χ4v) is 3.60. The van der Waals surface area contributed by atoms with Crippen molar-refractivity contribution in [2.45, 2.75) is 47.1 Å². The number of aromatic nitrogens is 1. The molecule has 0 spiro atoms. The molecule has 2 aromatic rings. The molecular formula is C18H19ClN2O2. The third-order valence-electron chi connectivity index (χ3n) is 4.39. The van der Waals surface area contributed by atoms with E-state index in [2.05, 4.69) is 10.1 Å². The predicted molar refractivity (Wildman–Crippen MR) is 90.1 cm³/mol. The molecule has 4 nitrogen and oxygen atoms in total. The molecule has 0 N–H and O–H groups in total. The fraction of sp³-hybridized carbons (Fsp3) is 0.389. The first-order chi connectivity index (χ1) is 10.6. The summed E-state index contributed by atoms with van der Waals surface area (Å²) in [6.45, 7) is 11.2. The van der Waals surface area contributed by atoms with E-state index in [-0.39, 0.29) is 5.78 Å². The fourth-order valence-electron chi connectivity index (χ4n) is 3.22. The van der Waals surface area contributed by atoms with Crippen LogP contribution in [0, 0.1) is 20.8 Å². The molecule has 1 aromatic heterocycles. The van der Waals surface area contributed by atoms with Gasteiger partial charge in [-0.1, -0.05) is 16.8 Å². The highest BCUT2D eigenvalue weighted by Gasteiger charge is 2.32. The van der Waals surface area contributed by atoms with Gasteiger partial charge in [-0.25, -0.2) is 0 Å². The van der Waals surface area contributed by atoms with Gasteiger partial charge in [-0.05, 0) is 53.2 Å². The first-order valence-corrected chi connectivity index (χ1v) is 7.91. The molecule has 5 heteroatoms. The molecule has 0 unspecified atom stereocenters. The Morgan fingerprint density at radius 3 is 2.39 bits per heavy atom. The summed E-state index contributed by atoms with van der Waals surface area (Å²) in [4.78, 5) is 17.2. The molecule has 1 aliphatic heterocycles. The van der Waals surface area contributed by atoms with Gasteiger partial charge in [0, 0.05) is 21.9 Å². The molecule has 23 heavy (non-hydrogen) atoms. The number of benzene rings is 1. The van der Waals surface area contributed by atoms with Gasteiger partial charge < -0.3 is 4.52 Å². The number of aryl methyl sites for hydroxylation is 3. The Morgan fingerprint density at radius 2 is 1.83 bits per heavy atom. The maximum absolute atomic E-state index is 12.6. The van der Waals surface area contributed by atoms with Gasteiger partial charge >= 0.3 is 0 Å². The number of carbonyl (C=O) groups excluding carboxylic acids is 1. The Bertz CT molecular complexity index is 948. The average Bonchev–Trinajstić information content (AvgIpc) is 2.79. The number of fused-ring (bicyclic) bond motifs is 1. The van der Waals surface area contributed by atoms with Crippen LogP contribution in [0.4, 0.5) is 0 Å². The molecule has 0 saturated carbocycles. The molecule has 0 amide bonds. The number of Topliss-reactive ketones (excluding diaryl/α,β-unsaturated/α-hetero) is 1. The molecule has 0 bridgehead atoms. The van der Waals surface area contributed by atoms with Crippen LogP contribution in [0.25, 0.3) is 16.7 Å². The third kappa shape index (κ3) is 2.24. The van der Waals surface area contributed by atoms with Crippen molar-refractivity contribution in [1.82, 2.24) is 5.16 Å². The van der Waals surface area contributed by atoms with Crippen molar-refractivity contribution >= 4 is 23.0 Å². The molecule has 3 rings (SSSR count). The highest BCUT2D eigenvalue weighted by Crippen LogP contribution is 2.32. The first-order valence-electron chi connectivity index (χ1n) is 7.53. The number of carbonyl (C=O) groups is 1. The lowest BCUT2D eigenvalue weighted by atomic mass is 9.88. The van der Waals surface area contributed by atoms with Gasteiger partial charge in [0.1, 0.15) is 11.3 Å². The quantitative estimate of drug-likeness (QED) is 0.807. The molecule has 0 saturated heterocycles. The zero-order valence-corrected chi connectivity index (χ0v) is 14.9. The minimum absolute atomic E-state index is 0.00205. The van der Waals surface area contributed by atoms with Crippen LogP contribution in [0.5, 0.6) is 0 Å². The van der Waals surface area contributed by atoms with E-state index in [9.17, 15) is 4.79 Å². The van der Waals surface area contributed by atoms with Crippen molar-refractivity contribution in [1.29, 1.82) is 0 Å². The van der Waals surface area contributed by atoms with E-state index in [0.717, 1.165) is 33.0 Å². The van der Waals surface area contributed by atoms with Crippen LogP contribution in [-0.4, -0.2) is 16.5 Å². The summed E-state index contributed by atoms with van der Waals surface area (Å²) in [6, 6.07) is 2.00. The van der Waals surface area contributed by atoms with E-state index >= 15 is 0 Å². The van der Waals surface area contributed by atoms with E-state index in [1.165, 1.54) is 0 Å². The van der Waals surface area contributed by atoms with Crippen LogP contribution in [0.15, 0.2) is 15.6 Å². The number of hydrogen-bond donors (Lipinski definition) is 0. The summed E-state index contributed by atoms with van der Waals surface area (Å²) >= 11 is 6.68. The van der Waals surface area contributed by atoms with Gasteiger partial charge in [-0.15, -0.1) is 0 Å². The normalized spacial score (nSPS) is 16.3. The maximum Gasteiger partial charge on any atom is 0.186 e. The van der Waals surface area contributed by atoms with E-state index < -0.39 is 5.54 Å². The van der Waals surface area contributed by atoms with Crippen molar-refractivity contribution in [3.05, 3.63) is 38.7 Å². The SMILES string of the molecule is CC1=c2c(Cl)c(-c3c(C)noc3C)cc(C)c2=NC(C)(C)C1=O. The second kappa shape index (κ2) is 5.03. The number of ketones is 1. The third-order valence-corrected chi connectivity index (χ3v) is 4.78. The average molecular weight is 331 g/mol. The summed E-state index contributed by atoms with van der Waals surface area (Å²) in [5.41, 5.74) is 3.38. The molecule has 2 heterocycles. The molecule has 0 fully saturated rings. The van der Waals surface area contributed by atoms with Gasteiger partial charge in [0.2, 0.25) is 0 Å². The number of nitrogens with zero attached hydrogens (tertiary/aromatic N) is 2. The molecule has 1 aliphatic rings. The predicted octanol–water partition coefficient (Wildman–Crippen LogP) is 3.07. The van der Waals surface area contributed by atoms with Crippen molar-refractivity contribution in [3.8, 4) is 11.1 Å². The first kappa shape index (κ1) is 15.9. The Hall–Kier alpha value is -1.94. The zero-order chi connectivity index (χ0) is 17.1. The van der Waals surface area contributed by atoms with Crippen molar-refractivity contribution < 1.29 is 9.32 Å². The largest absolute Gasteiger partial charge is 0.361 e. The molecule has 0 atom stereocenters. The Labute approximate surface area is 139 Å². The van der Waals surface area contributed by atoms with Gasteiger partial charge in [-0.2, -0.15) is 0 Å². The summed E-state index contributed by atoms with van der Waals surface area (Å²) in [7, 11) is 0. The molecule has 0 aliphatic carbocycles. The smallest absolute Gasteiger partial charge is 0.186 e. The number of rotatable bonds is 1. The van der Waals surface area contributed by atoms with Gasteiger partial charge in [-0.3, -0.25) is 9.79 Å². The summed E-state index contributed by atoms with van der Waals surface area (Å²) in [5, 5.41) is 6.06. The van der Waals surface area contributed by atoms with Gasteiger partial charge in [0.15, 0.2) is 5.78 Å². The maximum atomic E-state index is 12.6. The zero-order valence-electron chi connectivity index (χ0n) is 14.2. The topological polar surface area (TPSA) is 55.5 Å². The standard InChI is InChI=1S/C18H19ClN2O2/c1-8-7-12(14-10(3)21-23-11(14)4)15(19)13-9(2)17(22)18(5,6)20-16(8)13/h7H,1-6H3. The molecule has 1 aromatic carbocycles. The van der Waals surface area contributed by atoms with Crippen LogP contribution >= 0.6 is 11.6 Å². The summed E-state index contributed by atoms with van der Waals surface area (Å²) in [5.74, 6) is 0.711. The minimum Gasteiger partial charge on any atom is -0.361 e. The Morgan fingerprint density at radius 1 is 1.17 bits per heavy atom. The second-order valence-corrected chi connectivity index (χ2v) is 6.98. The lowest BCUT2D eigenvalue weighted by Gasteiger charge is -2.24. The van der Waals surface area contributed by atoms with Crippen LogP contribution in [0.3, 0.4) is 0 Å². The number of hydrogen-bond acceptors (Lipinski definition) is 4. The number of halogens is 1. The van der Waals surface area contributed by atoms with E-state index in [1.54, 1.807) is 0 Å². The van der Waals surface area contributed by atoms with Gasteiger partial charge in [0.05, 0.1) is 16.1 Å². The summed E-state index contributed by atoms with van der Waals surface area (Å²) < 4.78 is 5.26. The second-order valence-electron chi connectivity index (χ2n) is 6.60. The summed E-state index contributed by atoms with van der Waals surface area (Å²) in [6.07, 6.45) is 0. The van der Waals surface area contributed by atoms with Crippen LogP contribution in [0.2, 0.25) is 5.02 Å². The monoisotopic (exact) mass is 330 g/mol. The van der Waals surface area contributed by atoms with E-state index in [1.807, 2.05) is 47.6 Å². The Balaban J connectivity index is 2.50. The van der Waals surface area contributed by atoms with Crippen molar-refractivity contribution in [3.63, 3.8) is 0 Å². The minimum atomic E-state index is -0.754. The van der Waals surface area contributed by atoms with Crippen molar-refractivity contribution in [2.75, 3.05) is 0 Å². The molecular weight excluding hydrogens is 312 g/mol. The van der Waals surface area contributed by atoms with Crippen LogP contribution in [-0.2, 0) is 4.79 Å². The lowest BCUT2D eigenvalue weighted by Crippen LogP contribution is -2.46. The Kier molecular flexibility index (Phi) is 3.49. The van der Waals surface area contributed by atoms with E-state index in [4.69, 9.17) is 16.1 Å². The van der Waals surface area contributed by atoms with Crippen molar-refractivity contribution in [2.24, 2.45) is 4.99 Å². The van der Waals surface area contributed by atoms with E-state index in [0.29, 0.717) is 16.4 Å². The van der Waals surface area contributed by atoms with Crippen LogP contribution in [0.1, 0.15) is 37.8 Å². The molecule has 0 radical (unpaired) electrons. The lowest BCUT2D eigenvalue weighted by molar-refractivity contribution is -0.117. The highest BCUT2D eigenvalue weighted by atomic mass is 35.5. The highest BCUT2D eigenvalue weighted by molar-refractivity contribution is 6.34. The molecule has 120 valence electrons. The van der Waals surface area contributed by atoms with Gasteiger partial charge in [0.25, 0.3) is 0 Å².